The van der Waals surface area contributed by atoms with Crippen LogP contribution in [0.25, 0.3) is 10.8 Å². The Balaban J connectivity index is 2.02. The van der Waals surface area contributed by atoms with Crippen molar-refractivity contribution in [3.05, 3.63) is 77.2 Å². The Labute approximate surface area is 157 Å². The fraction of sp³-hybridized carbons (Fsp3) is 0.136. The number of rotatable bonds is 3. The van der Waals surface area contributed by atoms with Crippen LogP contribution in [0.15, 0.2) is 66.1 Å². The highest BCUT2D eigenvalue weighted by atomic mass is 16.5. The Bertz CT molecular complexity index is 1110. The second-order valence-corrected chi connectivity index (χ2v) is 6.24. The Morgan fingerprint density at radius 2 is 1.78 bits per heavy atom. The number of fused-ring (bicyclic) bond motifs is 3. The zero-order chi connectivity index (χ0) is 19.0. The summed E-state index contributed by atoms with van der Waals surface area (Å²) in [7, 11) is 3.18. The molecule has 5 heteroatoms. The molecule has 1 aliphatic rings. The van der Waals surface area contributed by atoms with Crippen LogP contribution in [0.1, 0.15) is 17.0 Å². The lowest BCUT2D eigenvalue weighted by molar-refractivity contribution is 0.354. The van der Waals surface area contributed by atoms with E-state index in [0.717, 1.165) is 21.9 Å². The number of hydrogen-bond donors (Lipinski definition) is 1. The molecule has 0 fully saturated rings. The summed E-state index contributed by atoms with van der Waals surface area (Å²) in [5.41, 5.74) is 8.27. The van der Waals surface area contributed by atoms with Gasteiger partial charge in [0.05, 0.1) is 20.1 Å². The standard InChI is InChI=1S/C22H18N2O3/c1-25-17-9-8-14(11-19(17)26-2)20-16(12-23)22(24)27-18-10-7-13-5-3-4-6-15(13)21(18)20/h3-11,20H,24H2,1-2H3/t20-/m1/s1. The predicted molar refractivity (Wildman–Crippen MR) is 103 cm³/mol. The van der Waals surface area contributed by atoms with Crippen molar-refractivity contribution in [2.45, 2.75) is 5.92 Å². The van der Waals surface area contributed by atoms with Gasteiger partial charge >= 0.3 is 0 Å². The van der Waals surface area contributed by atoms with E-state index in [2.05, 4.69) is 6.07 Å². The molecule has 0 aliphatic carbocycles. The lowest BCUT2D eigenvalue weighted by Gasteiger charge is -2.28. The van der Waals surface area contributed by atoms with Crippen LogP contribution in [0.2, 0.25) is 0 Å². The predicted octanol–water partition coefficient (Wildman–Crippen LogP) is 4.08. The Hall–Kier alpha value is -3.65. The summed E-state index contributed by atoms with van der Waals surface area (Å²) in [4.78, 5) is 0. The molecule has 0 radical (unpaired) electrons. The summed E-state index contributed by atoms with van der Waals surface area (Å²) in [6.07, 6.45) is 0. The molecule has 0 saturated heterocycles. The number of ether oxygens (including phenoxy) is 3. The van der Waals surface area contributed by atoms with Gasteiger partial charge in [0, 0.05) is 5.56 Å². The molecule has 5 nitrogen and oxygen atoms in total. The highest BCUT2D eigenvalue weighted by Crippen LogP contribution is 2.46. The quantitative estimate of drug-likeness (QED) is 0.763. The SMILES string of the molecule is COc1ccc([C@@H]2C(C#N)=C(N)Oc3ccc4ccccc4c32)cc1OC. The summed E-state index contributed by atoms with van der Waals surface area (Å²) in [6, 6.07) is 19.8. The van der Waals surface area contributed by atoms with Gasteiger partial charge < -0.3 is 19.9 Å². The second kappa shape index (κ2) is 6.58. The first-order valence-electron chi connectivity index (χ1n) is 8.49. The number of nitrogens with two attached hydrogens (primary N) is 1. The first-order chi connectivity index (χ1) is 13.2. The van der Waals surface area contributed by atoms with Crippen LogP contribution in [-0.4, -0.2) is 14.2 Å². The van der Waals surface area contributed by atoms with Crippen LogP contribution in [0, 0.1) is 11.3 Å². The van der Waals surface area contributed by atoms with Gasteiger partial charge in [-0.25, -0.2) is 0 Å². The molecule has 3 aromatic rings. The second-order valence-electron chi connectivity index (χ2n) is 6.24. The van der Waals surface area contributed by atoms with Crippen molar-refractivity contribution in [2.24, 2.45) is 5.73 Å². The summed E-state index contributed by atoms with van der Waals surface area (Å²) in [5.74, 6) is 1.65. The van der Waals surface area contributed by atoms with Gasteiger partial charge in [-0.2, -0.15) is 5.26 Å². The maximum absolute atomic E-state index is 9.79. The monoisotopic (exact) mass is 358 g/mol. The highest BCUT2D eigenvalue weighted by Gasteiger charge is 2.32. The van der Waals surface area contributed by atoms with Crippen molar-refractivity contribution in [1.82, 2.24) is 0 Å². The van der Waals surface area contributed by atoms with Crippen LogP contribution in [-0.2, 0) is 0 Å². The normalized spacial score (nSPS) is 15.7. The molecule has 0 saturated carbocycles. The van der Waals surface area contributed by atoms with Gasteiger partial charge in [-0.1, -0.05) is 36.4 Å². The van der Waals surface area contributed by atoms with Crippen molar-refractivity contribution in [2.75, 3.05) is 14.2 Å². The van der Waals surface area contributed by atoms with Crippen molar-refractivity contribution in [3.8, 4) is 23.3 Å². The maximum Gasteiger partial charge on any atom is 0.205 e. The molecule has 4 rings (SSSR count). The molecule has 1 atom stereocenters. The first-order valence-corrected chi connectivity index (χ1v) is 8.49. The molecule has 134 valence electrons. The zero-order valence-corrected chi connectivity index (χ0v) is 15.0. The maximum atomic E-state index is 9.79. The molecule has 2 N–H and O–H groups in total. The summed E-state index contributed by atoms with van der Waals surface area (Å²) >= 11 is 0. The van der Waals surface area contributed by atoms with Gasteiger partial charge in [-0.05, 0) is 34.5 Å². The van der Waals surface area contributed by atoms with E-state index in [4.69, 9.17) is 19.9 Å². The molecule has 3 aromatic carbocycles. The van der Waals surface area contributed by atoms with Crippen LogP contribution in [0.4, 0.5) is 0 Å². The Morgan fingerprint density at radius 3 is 2.52 bits per heavy atom. The number of nitriles is 1. The van der Waals surface area contributed by atoms with Crippen molar-refractivity contribution in [3.63, 3.8) is 0 Å². The summed E-state index contributed by atoms with van der Waals surface area (Å²) in [6.45, 7) is 0. The smallest absolute Gasteiger partial charge is 0.205 e. The average molecular weight is 358 g/mol. The van der Waals surface area contributed by atoms with E-state index in [1.54, 1.807) is 14.2 Å². The molecule has 27 heavy (non-hydrogen) atoms. The van der Waals surface area contributed by atoms with E-state index in [1.807, 2.05) is 54.6 Å². The lowest BCUT2D eigenvalue weighted by Crippen LogP contribution is -2.21. The zero-order valence-electron chi connectivity index (χ0n) is 15.0. The molecule has 1 heterocycles. The van der Waals surface area contributed by atoms with E-state index in [-0.39, 0.29) is 11.8 Å². The molecule has 0 amide bonds. The highest BCUT2D eigenvalue weighted by molar-refractivity contribution is 5.90. The third-order valence-corrected chi connectivity index (χ3v) is 4.85. The van der Waals surface area contributed by atoms with Gasteiger partial charge in [0.15, 0.2) is 11.5 Å². The number of nitrogens with zero attached hydrogens (tertiary/aromatic N) is 1. The topological polar surface area (TPSA) is 77.5 Å². The van der Waals surface area contributed by atoms with Crippen molar-refractivity contribution >= 4 is 10.8 Å². The fourth-order valence-electron chi connectivity index (χ4n) is 3.61. The molecule has 0 aromatic heterocycles. The van der Waals surface area contributed by atoms with Gasteiger partial charge in [0.25, 0.3) is 0 Å². The van der Waals surface area contributed by atoms with Gasteiger partial charge in [-0.3, -0.25) is 0 Å². The molecule has 0 unspecified atom stereocenters. The first kappa shape index (κ1) is 16.8. The third-order valence-electron chi connectivity index (χ3n) is 4.85. The number of allylic oxidation sites excluding steroid dienone is 1. The Kier molecular flexibility index (Phi) is 4.09. The third kappa shape index (κ3) is 2.63. The number of benzene rings is 3. The molecular weight excluding hydrogens is 340 g/mol. The summed E-state index contributed by atoms with van der Waals surface area (Å²) in [5, 5.41) is 11.9. The van der Waals surface area contributed by atoms with Crippen molar-refractivity contribution < 1.29 is 14.2 Å². The summed E-state index contributed by atoms with van der Waals surface area (Å²) < 4.78 is 16.6. The number of hydrogen-bond acceptors (Lipinski definition) is 5. The number of methoxy groups -OCH3 is 2. The lowest BCUT2D eigenvalue weighted by atomic mass is 9.81. The van der Waals surface area contributed by atoms with Crippen molar-refractivity contribution in [1.29, 1.82) is 5.26 Å². The Morgan fingerprint density at radius 1 is 1.00 bits per heavy atom. The minimum atomic E-state index is -0.357. The van der Waals surface area contributed by atoms with E-state index >= 15 is 0 Å². The van der Waals surface area contributed by atoms with Crippen LogP contribution in [0.3, 0.4) is 0 Å². The van der Waals surface area contributed by atoms with E-state index in [1.165, 1.54) is 0 Å². The molecule has 0 spiro atoms. The van der Waals surface area contributed by atoms with Gasteiger partial charge in [0.1, 0.15) is 17.4 Å². The van der Waals surface area contributed by atoms with E-state index in [9.17, 15) is 5.26 Å². The van der Waals surface area contributed by atoms with E-state index < -0.39 is 0 Å². The van der Waals surface area contributed by atoms with Gasteiger partial charge in [0.2, 0.25) is 5.88 Å². The fourth-order valence-corrected chi connectivity index (χ4v) is 3.61. The average Bonchev–Trinajstić information content (AvgIpc) is 2.72. The van der Waals surface area contributed by atoms with Crippen LogP contribution in [0.5, 0.6) is 17.2 Å². The molecule has 0 bridgehead atoms. The van der Waals surface area contributed by atoms with E-state index in [0.29, 0.717) is 22.8 Å². The largest absolute Gasteiger partial charge is 0.493 e. The molecule has 1 aliphatic heterocycles. The minimum absolute atomic E-state index is 0.125. The van der Waals surface area contributed by atoms with Crippen LogP contribution < -0.4 is 19.9 Å². The molecular formula is C22H18N2O3. The van der Waals surface area contributed by atoms with Crippen LogP contribution >= 0.6 is 0 Å². The minimum Gasteiger partial charge on any atom is -0.493 e. The van der Waals surface area contributed by atoms with Gasteiger partial charge in [-0.15, -0.1) is 0 Å².